The summed E-state index contributed by atoms with van der Waals surface area (Å²) >= 11 is 0. The standard InChI is InChI=1S/C16H19N3O4/c1-23-13-5-2-11(3-6-13)8-14(16(21)22)19-15(20)7-4-12-9-17-10-18-12/h2-3,5-6,9-10,14H,4,7-8H2,1H3,(H,17,18)(H,19,20)(H,21,22)/t14-/m1/s1. The SMILES string of the molecule is COc1ccc(C[C@@H](NC(=O)CCc2c[nH]cn2)C(=O)O)cc1. The number of imidazole rings is 1. The van der Waals surface area contributed by atoms with Crippen molar-refractivity contribution in [3.8, 4) is 5.75 Å². The van der Waals surface area contributed by atoms with Crippen molar-refractivity contribution in [3.63, 3.8) is 0 Å². The number of rotatable bonds is 8. The van der Waals surface area contributed by atoms with Gasteiger partial charge < -0.3 is 20.1 Å². The first-order chi connectivity index (χ1) is 11.1. The summed E-state index contributed by atoms with van der Waals surface area (Å²) in [6.07, 6.45) is 4.12. The van der Waals surface area contributed by atoms with Crippen LogP contribution in [0.15, 0.2) is 36.8 Å². The Kier molecular flexibility index (Phi) is 5.74. The van der Waals surface area contributed by atoms with E-state index < -0.39 is 12.0 Å². The van der Waals surface area contributed by atoms with E-state index in [1.54, 1.807) is 37.6 Å². The number of carboxylic acid groups (broad SMARTS) is 1. The van der Waals surface area contributed by atoms with Crippen LogP contribution in [-0.4, -0.2) is 40.1 Å². The maximum absolute atomic E-state index is 11.9. The number of nitrogens with one attached hydrogen (secondary N) is 2. The molecule has 1 amide bonds. The first-order valence-electron chi connectivity index (χ1n) is 7.21. The van der Waals surface area contributed by atoms with Gasteiger partial charge in [-0.25, -0.2) is 9.78 Å². The number of carbonyl (C=O) groups is 2. The minimum Gasteiger partial charge on any atom is -0.497 e. The molecule has 0 aliphatic heterocycles. The van der Waals surface area contributed by atoms with Crippen LogP contribution in [0.5, 0.6) is 5.75 Å². The Morgan fingerprint density at radius 2 is 2.09 bits per heavy atom. The molecule has 0 spiro atoms. The Morgan fingerprint density at radius 3 is 2.65 bits per heavy atom. The highest BCUT2D eigenvalue weighted by Crippen LogP contribution is 2.13. The number of aryl methyl sites for hydroxylation is 1. The predicted octanol–water partition coefficient (Wildman–Crippen LogP) is 1.16. The first kappa shape index (κ1) is 16.5. The number of methoxy groups -OCH3 is 1. The number of ether oxygens (including phenoxy) is 1. The summed E-state index contributed by atoms with van der Waals surface area (Å²) in [7, 11) is 1.56. The molecule has 2 rings (SSSR count). The second-order valence-electron chi connectivity index (χ2n) is 5.07. The number of hydrogen-bond donors (Lipinski definition) is 3. The molecule has 0 saturated carbocycles. The van der Waals surface area contributed by atoms with Gasteiger partial charge >= 0.3 is 5.97 Å². The molecule has 0 radical (unpaired) electrons. The summed E-state index contributed by atoms with van der Waals surface area (Å²) in [5.74, 6) is -0.675. The van der Waals surface area contributed by atoms with Crippen molar-refractivity contribution in [2.24, 2.45) is 0 Å². The third-order valence-corrected chi connectivity index (χ3v) is 3.40. The molecule has 23 heavy (non-hydrogen) atoms. The number of carbonyl (C=O) groups excluding carboxylic acids is 1. The van der Waals surface area contributed by atoms with Gasteiger partial charge in [0.15, 0.2) is 0 Å². The average molecular weight is 317 g/mol. The molecule has 2 aromatic rings. The van der Waals surface area contributed by atoms with E-state index >= 15 is 0 Å². The summed E-state index contributed by atoms with van der Waals surface area (Å²) < 4.78 is 5.06. The largest absolute Gasteiger partial charge is 0.497 e. The van der Waals surface area contributed by atoms with Crippen molar-refractivity contribution in [1.29, 1.82) is 0 Å². The maximum atomic E-state index is 11.9. The third-order valence-electron chi connectivity index (χ3n) is 3.40. The van der Waals surface area contributed by atoms with Crippen molar-refractivity contribution in [2.75, 3.05) is 7.11 Å². The monoisotopic (exact) mass is 317 g/mol. The Labute approximate surface area is 133 Å². The molecule has 1 aromatic carbocycles. The molecule has 0 fully saturated rings. The molecule has 0 unspecified atom stereocenters. The summed E-state index contributed by atoms with van der Waals surface area (Å²) in [6, 6.07) is 6.12. The zero-order chi connectivity index (χ0) is 16.7. The Hall–Kier alpha value is -2.83. The fourth-order valence-corrected chi connectivity index (χ4v) is 2.13. The average Bonchev–Trinajstić information content (AvgIpc) is 3.06. The van der Waals surface area contributed by atoms with Gasteiger partial charge in [-0.05, 0) is 24.1 Å². The number of benzene rings is 1. The van der Waals surface area contributed by atoms with Gasteiger partial charge in [0.2, 0.25) is 5.91 Å². The van der Waals surface area contributed by atoms with Crippen LogP contribution in [0.25, 0.3) is 0 Å². The molecule has 0 bridgehead atoms. The van der Waals surface area contributed by atoms with E-state index in [-0.39, 0.29) is 18.7 Å². The van der Waals surface area contributed by atoms with Crippen molar-refractivity contribution in [1.82, 2.24) is 15.3 Å². The summed E-state index contributed by atoms with van der Waals surface area (Å²) in [6.45, 7) is 0. The van der Waals surface area contributed by atoms with Gasteiger partial charge in [-0.15, -0.1) is 0 Å². The van der Waals surface area contributed by atoms with E-state index in [0.717, 1.165) is 11.3 Å². The topological polar surface area (TPSA) is 104 Å². The Bertz CT molecular complexity index is 638. The van der Waals surface area contributed by atoms with E-state index in [1.807, 2.05) is 0 Å². The molecule has 1 atom stereocenters. The highest BCUT2D eigenvalue weighted by molar-refractivity contribution is 5.83. The lowest BCUT2D eigenvalue weighted by atomic mass is 10.1. The summed E-state index contributed by atoms with van der Waals surface area (Å²) in [5.41, 5.74) is 1.58. The number of aromatic nitrogens is 2. The molecule has 1 aromatic heterocycles. The van der Waals surface area contributed by atoms with Crippen molar-refractivity contribution in [3.05, 3.63) is 48.0 Å². The number of aromatic amines is 1. The van der Waals surface area contributed by atoms with E-state index in [2.05, 4.69) is 15.3 Å². The predicted molar refractivity (Wildman–Crippen MR) is 83.2 cm³/mol. The number of carboxylic acids is 1. The number of H-pyrrole nitrogens is 1. The molecule has 7 nitrogen and oxygen atoms in total. The fourth-order valence-electron chi connectivity index (χ4n) is 2.13. The van der Waals surface area contributed by atoms with Crippen molar-refractivity contribution in [2.45, 2.75) is 25.3 Å². The van der Waals surface area contributed by atoms with Crippen LogP contribution in [0.2, 0.25) is 0 Å². The summed E-state index contributed by atoms with van der Waals surface area (Å²) in [4.78, 5) is 30.1. The van der Waals surface area contributed by atoms with Crippen LogP contribution in [0, 0.1) is 0 Å². The molecule has 0 aliphatic carbocycles. The van der Waals surface area contributed by atoms with Crippen LogP contribution in [-0.2, 0) is 22.4 Å². The second-order valence-corrected chi connectivity index (χ2v) is 5.07. The van der Waals surface area contributed by atoms with Crippen molar-refractivity contribution >= 4 is 11.9 Å². The van der Waals surface area contributed by atoms with Crippen LogP contribution in [0.3, 0.4) is 0 Å². The number of aliphatic carboxylic acids is 1. The minimum absolute atomic E-state index is 0.192. The van der Waals surface area contributed by atoms with Gasteiger partial charge in [-0.2, -0.15) is 0 Å². The first-order valence-corrected chi connectivity index (χ1v) is 7.21. The second kappa shape index (κ2) is 7.98. The number of amides is 1. The quantitative estimate of drug-likeness (QED) is 0.678. The van der Waals surface area contributed by atoms with E-state index in [9.17, 15) is 14.7 Å². The molecule has 122 valence electrons. The molecular formula is C16H19N3O4. The molecule has 1 heterocycles. The number of hydrogen-bond acceptors (Lipinski definition) is 4. The van der Waals surface area contributed by atoms with Crippen LogP contribution in [0.4, 0.5) is 0 Å². The number of nitrogens with zero attached hydrogens (tertiary/aromatic N) is 1. The highest BCUT2D eigenvalue weighted by atomic mass is 16.5. The van der Waals surface area contributed by atoms with Gasteiger partial charge in [0.05, 0.1) is 19.1 Å². The smallest absolute Gasteiger partial charge is 0.326 e. The van der Waals surface area contributed by atoms with E-state index in [4.69, 9.17) is 4.74 Å². The van der Waals surface area contributed by atoms with Gasteiger partial charge in [-0.3, -0.25) is 4.79 Å². The zero-order valence-corrected chi connectivity index (χ0v) is 12.8. The third kappa shape index (κ3) is 5.14. The molecule has 3 N–H and O–H groups in total. The van der Waals surface area contributed by atoms with Gasteiger partial charge in [0, 0.05) is 19.0 Å². The highest BCUT2D eigenvalue weighted by Gasteiger charge is 2.20. The summed E-state index contributed by atoms with van der Waals surface area (Å²) in [5, 5.41) is 11.8. The normalized spacial score (nSPS) is 11.7. The lowest BCUT2D eigenvalue weighted by Crippen LogP contribution is -2.42. The Morgan fingerprint density at radius 1 is 1.35 bits per heavy atom. The van der Waals surface area contributed by atoms with E-state index in [1.165, 1.54) is 6.33 Å². The molecule has 7 heteroatoms. The van der Waals surface area contributed by atoms with Gasteiger partial charge in [0.1, 0.15) is 11.8 Å². The molecule has 0 saturated heterocycles. The van der Waals surface area contributed by atoms with Crippen LogP contribution < -0.4 is 10.1 Å². The fraction of sp³-hybridized carbons (Fsp3) is 0.312. The maximum Gasteiger partial charge on any atom is 0.326 e. The molecular weight excluding hydrogens is 298 g/mol. The molecule has 0 aliphatic rings. The Balaban J connectivity index is 1.89. The minimum atomic E-state index is -1.06. The van der Waals surface area contributed by atoms with Crippen LogP contribution in [0.1, 0.15) is 17.7 Å². The van der Waals surface area contributed by atoms with Gasteiger partial charge in [0.25, 0.3) is 0 Å². The zero-order valence-electron chi connectivity index (χ0n) is 12.8. The van der Waals surface area contributed by atoms with Crippen LogP contribution >= 0.6 is 0 Å². The van der Waals surface area contributed by atoms with Gasteiger partial charge in [-0.1, -0.05) is 12.1 Å². The van der Waals surface area contributed by atoms with E-state index in [0.29, 0.717) is 12.2 Å². The van der Waals surface area contributed by atoms with Crippen molar-refractivity contribution < 1.29 is 19.4 Å². The lowest BCUT2D eigenvalue weighted by Gasteiger charge is -2.14. The lowest BCUT2D eigenvalue weighted by molar-refractivity contribution is -0.141.